The third-order valence-electron chi connectivity index (χ3n) is 3.54. The Morgan fingerprint density at radius 2 is 2.00 bits per heavy atom. The number of nitrogens with zero attached hydrogens (tertiary/aromatic N) is 1. The predicted molar refractivity (Wildman–Crippen MR) is 83.4 cm³/mol. The Bertz CT molecular complexity index is 447. The molecule has 1 aliphatic heterocycles. The van der Waals surface area contributed by atoms with Gasteiger partial charge in [-0.05, 0) is 24.1 Å². The summed E-state index contributed by atoms with van der Waals surface area (Å²) >= 11 is 5.83. The highest BCUT2D eigenvalue weighted by Crippen LogP contribution is 2.10. The minimum Gasteiger partial charge on any atom is -0.379 e. The van der Waals surface area contributed by atoms with Crippen LogP contribution in [0.5, 0.6) is 0 Å². The molecule has 1 aromatic rings. The molecular formula is C15H22ClN3O2. The van der Waals surface area contributed by atoms with Crippen LogP contribution in [0.25, 0.3) is 0 Å². The van der Waals surface area contributed by atoms with Gasteiger partial charge in [0.15, 0.2) is 0 Å². The van der Waals surface area contributed by atoms with E-state index in [4.69, 9.17) is 22.1 Å². The van der Waals surface area contributed by atoms with Gasteiger partial charge in [-0.25, -0.2) is 0 Å². The molecule has 1 aromatic carbocycles. The fourth-order valence-electron chi connectivity index (χ4n) is 2.26. The Morgan fingerprint density at radius 1 is 1.33 bits per heavy atom. The van der Waals surface area contributed by atoms with Crippen molar-refractivity contribution in [2.45, 2.75) is 12.5 Å². The number of amides is 1. The molecule has 1 amide bonds. The number of carbonyl (C=O) groups is 1. The first-order valence-corrected chi connectivity index (χ1v) is 7.61. The number of halogens is 1. The molecule has 21 heavy (non-hydrogen) atoms. The van der Waals surface area contributed by atoms with Gasteiger partial charge in [0.05, 0.1) is 19.3 Å². The first-order chi connectivity index (χ1) is 10.1. The molecule has 0 bridgehead atoms. The molecule has 1 saturated heterocycles. The highest BCUT2D eigenvalue weighted by atomic mass is 35.5. The second-order valence-corrected chi connectivity index (χ2v) is 5.62. The van der Waals surface area contributed by atoms with Crippen LogP contribution >= 0.6 is 11.6 Å². The van der Waals surface area contributed by atoms with E-state index in [1.807, 2.05) is 12.1 Å². The second-order valence-electron chi connectivity index (χ2n) is 5.18. The molecule has 116 valence electrons. The molecule has 1 heterocycles. The molecular weight excluding hydrogens is 290 g/mol. The highest BCUT2D eigenvalue weighted by Gasteiger charge is 2.15. The topological polar surface area (TPSA) is 67.6 Å². The van der Waals surface area contributed by atoms with Crippen molar-refractivity contribution in [1.82, 2.24) is 10.2 Å². The number of hydrogen-bond acceptors (Lipinski definition) is 4. The van der Waals surface area contributed by atoms with Crippen molar-refractivity contribution in [3.63, 3.8) is 0 Å². The largest absolute Gasteiger partial charge is 0.379 e. The molecule has 0 unspecified atom stereocenters. The number of morpholine rings is 1. The zero-order chi connectivity index (χ0) is 15.1. The molecule has 0 saturated carbocycles. The van der Waals surface area contributed by atoms with Crippen LogP contribution in [-0.2, 0) is 16.0 Å². The first-order valence-electron chi connectivity index (χ1n) is 7.23. The summed E-state index contributed by atoms with van der Waals surface area (Å²) in [4.78, 5) is 14.2. The van der Waals surface area contributed by atoms with Gasteiger partial charge < -0.3 is 15.8 Å². The molecule has 0 spiro atoms. The normalized spacial score (nSPS) is 17.4. The van der Waals surface area contributed by atoms with E-state index >= 15 is 0 Å². The van der Waals surface area contributed by atoms with Crippen LogP contribution < -0.4 is 11.1 Å². The van der Waals surface area contributed by atoms with Crippen molar-refractivity contribution in [1.29, 1.82) is 0 Å². The summed E-state index contributed by atoms with van der Waals surface area (Å²) < 4.78 is 5.28. The molecule has 1 atom stereocenters. The summed E-state index contributed by atoms with van der Waals surface area (Å²) in [6, 6.07) is 6.86. The van der Waals surface area contributed by atoms with Gasteiger partial charge in [0.2, 0.25) is 5.91 Å². The summed E-state index contributed by atoms with van der Waals surface area (Å²) in [5, 5.41) is 3.57. The van der Waals surface area contributed by atoms with Crippen LogP contribution in [0.2, 0.25) is 5.02 Å². The van der Waals surface area contributed by atoms with E-state index in [2.05, 4.69) is 10.2 Å². The SMILES string of the molecule is N[C@@H](Cc1ccc(Cl)cc1)C(=O)NCCN1CCOCC1. The van der Waals surface area contributed by atoms with E-state index in [1.54, 1.807) is 12.1 Å². The molecule has 0 radical (unpaired) electrons. The molecule has 1 aliphatic rings. The molecule has 6 heteroatoms. The Kier molecular flexibility index (Phi) is 6.45. The zero-order valence-corrected chi connectivity index (χ0v) is 12.8. The van der Waals surface area contributed by atoms with Crippen molar-refractivity contribution in [2.75, 3.05) is 39.4 Å². The van der Waals surface area contributed by atoms with Crippen LogP contribution in [0.3, 0.4) is 0 Å². The first kappa shape index (κ1) is 16.2. The lowest BCUT2D eigenvalue weighted by Gasteiger charge is -2.26. The van der Waals surface area contributed by atoms with Gasteiger partial charge in [-0.2, -0.15) is 0 Å². The van der Waals surface area contributed by atoms with Gasteiger partial charge in [0, 0.05) is 31.2 Å². The van der Waals surface area contributed by atoms with Crippen molar-refractivity contribution in [3.8, 4) is 0 Å². The van der Waals surface area contributed by atoms with Crippen LogP contribution in [0, 0.1) is 0 Å². The second kappa shape index (κ2) is 8.34. The summed E-state index contributed by atoms with van der Waals surface area (Å²) in [6.45, 7) is 4.84. The van der Waals surface area contributed by atoms with Gasteiger partial charge in [-0.1, -0.05) is 23.7 Å². The Balaban J connectivity index is 1.68. The standard InChI is InChI=1S/C15H22ClN3O2/c16-13-3-1-12(2-4-13)11-14(17)15(20)18-5-6-19-7-9-21-10-8-19/h1-4,14H,5-11,17H2,(H,18,20)/t14-/m0/s1. The molecule has 0 aromatic heterocycles. The van der Waals surface area contributed by atoms with Crippen LogP contribution in [0.1, 0.15) is 5.56 Å². The monoisotopic (exact) mass is 311 g/mol. The summed E-state index contributed by atoms with van der Waals surface area (Å²) in [7, 11) is 0. The molecule has 1 fully saturated rings. The summed E-state index contributed by atoms with van der Waals surface area (Å²) in [5.74, 6) is -0.113. The van der Waals surface area contributed by atoms with Crippen molar-refractivity contribution in [2.24, 2.45) is 5.73 Å². The van der Waals surface area contributed by atoms with E-state index in [0.29, 0.717) is 18.0 Å². The Labute approximate surface area is 130 Å². The van der Waals surface area contributed by atoms with Crippen LogP contribution in [0.15, 0.2) is 24.3 Å². The maximum absolute atomic E-state index is 12.0. The molecule has 5 nitrogen and oxygen atoms in total. The predicted octanol–water partition coefficient (Wildman–Crippen LogP) is 0.658. The average Bonchev–Trinajstić information content (AvgIpc) is 2.50. The van der Waals surface area contributed by atoms with E-state index in [9.17, 15) is 4.79 Å². The van der Waals surface area contributed by atoms with Crippen molar-refractivity contribution < 1.29 is 9.53 Å². The lowest BCUT2D eigenvalue weighted by atomic mass is 10.1. The van der Waals surface area contributed by atoms with Gasteiger partial charge in [0.25, 0.3) is 0 Å². The van der Waals surface area contributed by atoms with E-state index in [1.165, 1.54) is 0 Å². The number of benzene rings is 1. The van der Waals surface area contributed by atoms with E-state index in [-0.39, 0.29) is 5.91 Å². The number of nitrogens with two attached hydrogens (primary N) is 1. The number of carbonyl (C=O) groups excluding carboxylic acids is 1. The Hall–Kier alpha value is -1.14. The van der Waals surface area contributed by atoms with E-state index < -0.39 is 6.04 Å². The van der Waals surface area contributed by atoms with Gasteiger partial charge in [0.1, 0.15) is 0 Å². The van der Waals surface area contributed by atoms with E-state index in [0.717, 1.165) is 38.4 Å². The highest BCUT2D eigenvalue weighted by molar-refractivity contribution is 6.30. The Morgan fingerprint density at radius 3 is 2.67 bits per heavy atom. The maximum atomic E-state index is 12.0. The number of ether oxygens (including phenoxy) is 1. The van der Waals surface area contributed by atoms with Gasteiger partial charge in [-0.15, -0.1) is 0 Å². The smallest absolute Gasteiger partial charge is 0.237 e. The van der Waals surface area contributed by atoms with Gasteiger partial charge >= 0.3 is 0 Å². The average molecular weight is 312 g/mol. The zero-order valence-electron chi connectivity index (χ0n) is 12.1. The summed E-state index contributed by atoms with van der Waals surface area (Å²) in [5.41, 5.74) is 6.94. The van der Waals surface area contributed by atoms with Gasteiger partial charge in [-0.3, -0.25) is 9.69 Å². The fraction of sp³-hybridized carbons (Fsp3) is 0.533. The number of nitrogens with one attached hydrogen (secondary N) is 1. The fourth-order valence-corrected chi connectivity index (χ4v) is 2.39. The lowest BCUT2D eigenvalue weighted by Crippen LogP contribution is -2.46. The quantitative estimate of drug-likeness (QED) is 0.810. The maximum Gasteiger partial charge on any atom is 0.237 e. The van der Waals surface area contributed by atoms with Crippen LogP contribution in [-0.4, -0.2) is 56.2 Å². The van der Waals surface area contributed by atoms with Crippen molar-refractivity contribution >= 4 is 17.5 Å². The third kappa shape index (κ3) is 5.63. The third-order valence-corrected chi connectivity index (χ3v) is 3.79. The van der Waals surface area contributed by atoms with Crippen LogP contribution in [0.4, 0.5) is 0 Å². The minimum absolute atomic E-state index is 0.113. The molecule has 0 aliphatic carbocycles. The lowest BCUT2D eigenvalue weighted by molar-refractivity contribution is -0.122. The minimum atomic E-state index is -0.532. The molecule has 3 N–H and O–H groups in total. The number of hydrogen-bond donors (Lipinski definition) is 2. The number of rotatable bonds is 6. The summed E-state index contributed by atoms with van der Waals surface area (Å²) in [6.07, 6.45) is 0.514. The van der Waals surface area contributed by atoms with Crippen molar-refractivity contribution in [3.05, 3.63) is 34.9 Å². The molecule has 2 rings (SSSR count).